The first kappa shape index (κ1) is 24.9. The SMILES string of the molecule is COc1cc(OC)c([N+](=O)[O-])cc1/C=N\NC(=O)CNC(=O)C(c1ccccc1)c1ccccc1. The standard InChI is InChI=1S/C25H24N4O6/c1-34-21-14-22(35-2)20(29(32)33)13-19(21)15-27-28-23(30)16-26-25(31)24(17-9-5-3-6-10-17)18-11-7-4-8-12-18/h3-15,24H,16H2,1-2H3,(H,26,31)(H,28,30)/b27-15-. The molecule has 10 heteroatoms. The molecule has 2 amide bonds. The molecule has 180 valence electrons. The number of nitrogens with one attached hydrogen (secondary N) is 2. The van der Waals surface area contributed by atoms with Gasteiger partial charge in [-0.05, 0) is 11.1 Å². The van der Waals surface area contributed by atoms with E-state index >= 15 is 0 Å². The van der Waals surface area contributed by atoms with Gasteiger partial charge in [0.2, 0.25) is 11.7 Å². The fraction of sp³-hybridized carbons (Fsp3) is 0.160. The van der Waals surface area contributed by atoms with Crippen LogP contribution in [0, 0.1) is 10.1 Å². The lowest BCUT2D eigenvalue weighted by atomic mass is 9.90. The Morgan fingerprint density at radius 2 is 1.54 bits per heavy atom. The van der Waals surface area contributed by atoms with Crippen LogP contribution < -0.4 is 20.2 Å². The number of nitro benzene ring substituents is 1. The number of hydrogen-bond donors (Lipinski definition) is 2. The Hall–Kier alpha value is -4.73. The van der Waals surface area contributed by atoms with Crippen molar-refractivity contribution in [3.05, 3.63) is 99.6 Å². The molecule has 3 aromatic carbocycles. The third kappa shape index (κ3) is 6.41. The quantitative estimate of drug-likeness (QED) is 0.263. The van der Waals surface area contributed by atoms with Gasteiger partial charge in [0.15, 0.2) is 0 Å². The van der Waals surface area contributed by atoms with E-state index in [1.807, 2.05) is 60.7 Å². The molecule has 0 heterocycles. The van der Waals surface area contributed by atoms with Crippen LogP contribution in [0.4, 0.5) is 5.69 Å². The molecule has 0 spiro atoms. The van der Waals surface area contributed by atoms with Gasteiger partial charge in [0.05, 0.1) is 37.8 Å². The Morgan fingerprint density at radius 1 is 0.971 bits per heavy atom. The Bertz CT molecular complexity index is 1180. The van der Waals surface area contributed by atoms with Gasteiger partial charge < -0.3 is 14.8 Å². The number of rotatable bonds is 10. The van der Waals surface area contributed by atoms with Gasteiger partial charge in [-0.3, -0.25) is 19.7 Å². The highest BCUT2D eigenvalue weighted by molar-refractivity contribution is 5.91. The first-order valence-electron chi connectivity index (χ1n) is 10.5. The summed E-state index contributed by atoms with van der Waals surface area (Å²) < 4.78 is 10.2. The molecule has 3 aromatic rings. The van der Waals surface area contributed by atoms with Crippen molar-refractivity contribution in [3.63, 3.8) is 0 Å². The van der Waals surface area contributed by atoms with Gasteiger partial charge >= 0.3 is 5.69 Å². The fourth-order valence-corrected chi connectivity index (χ4v) is 3.42. The molecule has 0 saturated carbocycles. The predicted octanol–water partition coefficient (Wildman–Crippen LogP) is 3.01. The summed E-state index contributed by atoms with van der Waals surface area (Å²) in [4.78, 5) is 35.9. The predicted molar refractivity (Wildman–Crippen MR) is 130 cm³/mol. The third-order valence-electron chi connectivity index (χ3n) is 5.07. The van der Waals surface area contributed by atoms with E-state index in [1.165, 1.54) is 32.6 Å². The van der Waals surface area contributed by atoms with E-state index in [2.05, 4.69) is 15.8 Å². The zero-order valence-electron chi connectivity index (χ0n) is 19.1. The van der Waals surface area contributed by atoms with E-state index < -0.39 is 16.7 Å². The smallest absolute Gasteiger partial charge is 0.311 e. The summed E-state index contributed by atoms with van der Waals surface area (Å²) in [6, 6.07) is 21.1. The molecule has 35 heavy (non-hydrogen) atoms. The number of hydrogen-bond acceptors (Lipinski definition) is 7. The largest absolute Gasteiger partial charge is 0.496 e. The van der Waals surface area contributed by atoms with Crippen molar-refractivity contribution >= 4 is 23.7 Å². The van der Waals surface area contributed by atoms with Gasteiger partial charge in [-0.25, -0.2) is 5.43 Å². The molecule has 0 atom stereocenters. The molecular formula is C25H24N4O6. The van der Waals surface area contributed by atoms with Gasteiger partial charge in [0.1, 0.15) is 5.75 Å². The van der Waals surface area contributed by atoms with Gasteiger partial charge in [0, 0.05) is 17.7 Å². The number of benzene rings is 3. The van der Waals surface area contributed by atoms with Crippen molar-refractivity contribution in [3.8, 4) is 11.5 Å². The zero-order valence-corrected chi connectivity index (χ0v) is 19.1. The molecule has 3 rings (SSSR count). The second-order valence-electron chi connectivity index (χ2n) is 7.29. The van der Waals surface area contributed by atoms with Gasteiger partial charge in [-0.1, -0.05) is 60.7 Å². The number of nitro groups is 1. The Kier molecular flexibility index (Phi) is 8.49. The fourth-order valence-electron chi connectivity index (χ4n) is 3.42. The number of amides is 2. The van der Waals surface area contributed by atoms with Crippen LogP contribution in [0.2, 0.25) is 0 Å². The summed E-state index contributed by atoms with van der Waals surface area (Å²) in [6.07, 6.45) is 1.21. The topological polar surface area (TPSA) is 132 Å². The highest BCUT2D eigenvalue weighted by atomic mass is 16.6. The molecular weight excluding hydrogens is 452 g/mol. The molecule has 0 aliphatic rings. The number of carbonyl (C=O) groups is 2. The summed E-state index contributed by atoms with van der Waals surface area (Å²) >= 11 is 0. The minimum Gasteiger partial charge on any atom is -0.496 e. The zero-order chi connectivity index (χ0) is 25.2. The van der Waals surface area contributed by atoms with Crippen molar-refractivity contribution in [2.24, 2.45) is 5.10 Å². The van der Waals surface area contributed by atoms with Crippen molar-refractivity contribution < 1.29 is 24.0 Å². The number of hydrazone groups is 1. The van der Waals surface area contributed by atoms with E-state index in [0.717, 1.165) is 11.1 Å². The van der Waals surface area contributed by atoms with E-state index in [-0.39, 0.29) is 35.2 Å². The average molecular weight is 476 g/mol. The van der Waals surface area contributed by atoms with Crippen LogP contribution >= 0.6 is 0 Å². The maximum atomic E-state index is 13.0. The van der Waals surface area contributed by atoms with Crippen LogP contribution in [-0.4, -0.2) is 43.7 Å². The second kappa shape index (κ2) is 11.9. The average Bonchev–Trinajstić information content (AvgIpc) is 2.88. The van der Waals surface area contributed by atoms with Crippen molar-refractivity contribution in [1.29, 1.82) is 0 Å². The number of carbonyl (C=O) groups excluding carboxylic acids is 2. The molecule has 0 radical (unpaired) electrons. The Labute approximate surface area is 201 Å². The lowest BCUT2D eigenvalue weighted by Gasteiger charge is -2.17. The highest BCUT2D eigenvalue weighted by Gasteiger charge is 2.23. The lowest BCUT2D eigenvalue weighted by Crippen LogP contribution is -2.37. The number of methoxy groups -OCH3 is 2. The molecule has 10 nitrogen and oxygen atoms in total. The molecule has 0 saturated heterocycles. The first-order valence-corrected chi connectivity index (χ1v) is 10.5. The summed E-state index contributed by atoms with van der Waals surface area (Å²) in [5, 5.41) is 17.7. The van der Waals surface area contributed by atoms with Gasteiger partial charge in [-0.15, -0.1) is 0 Å². The molecule has 0 fully saturated rings. The van der Waals surface area contributed by atoms with Gasteiger partial charge in [0.25, 0.3) is 5.91 Å². The van der Waals surface area contributed by atoms with Gasteiger partial charge in [-0.2, -0.15) is 5.10 Å². The van der Waals surface area contributed by atoms with Crippen LogP contribution in [0.15, 0.2) is 77.9 Å². The number of nitrogens with zero attached hydrogens (tertiary/aromatic N) is 2. The van der Waals surface area contributed by atoms with Crippen molar-refractivity contribution in [1.82, 2.24) is 10.7 Å². The highest BCUT2D eigenvalue weighted by Crippen LogP contribution is 2.33. The van der Waals surface area contributed by atoms with Crippen LogP contribution in [0.25, 0.3) is 0 Å². The first-order chi connectivity index (χ1) is 16.9. The molecule has 0 unspecified atom stereocenters. The summed E-state index contributed by atoms with van der Waals surface area (Å²) in [5.74, 6) is -1.20. The molecule has 0 aromatic heterocycles. The molecule has 0 aliphatic heterocycles. The second-order valence-corrected chi connectivity index (χ2v) is 7.29. The van der Waals surface area contributed by atoms with Crippen molar-refractivity contribution in [2.45, 2.75) is 5.92 Å². The third-order valence-corrected chi connectivity index (χ3v) is 5.07. The minimum atomic E-state index is -0.598. The van der Waals surface area contributed by atoms with Crippen LogP contribution in [0.5, 0.6) is 11.5 Å². The Morgan fingerprint density at radius 3 is 2.06 bits per heavy atom. The van der Waals surface area contributed by atoms with Crippen LogP contribution in [0.3, 0.4) is 0 Å². The molecule has 2 N–H and O–H groups in total. The lowest BCUT2D eigenvalue weighted by molar-refractivity contribution is -0.385. The Balaban J connectivity index is 1.66. The van der Waals surface area contributed by atoms with Crippen LogP contribution in [0.1, 0.15) is 22.6 Å². The maximum absolute atomic E-state index is 13.0. The van der Waals surface area contributed by atoms with E-state index in [1.54, 1.807) is 0 Å². The maximum Gasteiger partial charge on any atom is 0.311 e. The normalized spacial score (nSPS) is 10.7. The summed E-state index contributed by atoms with van der Waals surface area (Å²) in [5.41, 5.74) is 3.87. The number of ether oxygens (including phenoxy) is 2. The monoisotopic (exact) mass is 476 g/mol. The summed E-state index contributed by atoms with van der Waals surface area (Å²) in [6.45, 7) is -0.313. The van der Waals surface area contributed by atoms with Crippen molar-refractivity contribution in [2.75, 3.05) is 20.8 Å². The van der Waals surface area contributed by atoms with E-state index in [9.17, 15) is 19.7 Å². The van der Waals surface area contributed by atoms with E-state index in [4.69, 9.17) is 9.47 Å². The molecule has 0 bridgehead atoms. The summed E-state index contributed by atoms with van der Waals surface area (Å²) in [7, 11) is 2.70. The van der Waals surface area contributed by atoms with Crippen LogP contribution in [-0.2, 0) is 9.59 Å². The van der Waals surface area contributed by atoms with E-state index in [0.29, 0.717) is 0 Å². The molecule has 0 aliphatic carbocycles. The minimum absolute atomic E-state index is 0.0298.